The lowest BCUT2D eigenvalue weighted by atomic mass is 9.81. The summed E-state index contributed by atoms with van der Waals surface area (Å²) in [4.78, 5) is 0. The molecular formula is C18H31N. The van der Waals surface area contributed by atoms with Crippen molar-refractivity contribution >= 4 is 0 Å². The third-order valence-electron chi connectivity index (χ3n) is 4.53. The Morgan fingerprint density at radius 1 is 0.895 bits per heavy atom. The summed E-state index contributed by atoms with van der Waals surface area (Å²) in [6, 6.07) is 4.89. The molecule has 0 aliphatic rings. The maximum Gasteiger partial charge on any atom is 0.0328 e. The quantitative estimate of drug-likeness (QED) is 0.791. The van der Waals surface area contributed by atoms with Gasteiger partial charge in [-0.3, -0.25) is 0 Å². The molecule has 2 N–H and O–H groups in total. The van der Waals surface area contributed by atoms with E-state index in [4.69, 9.17) is 5.73 Å². The van der Waals surface area contributed by atoms with E-state index in [0.717, 1.165) is 19.3 Å². The predicted octanol–water partition coefficient (Wildman–Crippen LogP) is 4.67. The second kappa shape index (κ2) is 7.09. The summed E-state index contributed by atoms with van der Waals surface area (Å²) >= 11 is 0. The van der Waals surface area contributed by atoms with Crippen molar-refractivity contribution in [1.29, 1.82) is 0 Å². The number of hydrogen-bond acceptors (Lipinski definition) is 1. The van der Waals surface area contributed by atoms with Crippen molar-refractivity contribution in [2.45, 2.75) is 66.8 Å². The van der Waals surface area contributed by atoms with Crippen molar-refractivity contribution in [3.8, 4) is 0 Å². The molecule has 1 rings (SSSR count). The molecule has 0 heterocycles. The zero-order valence-electron chi connectivity index (χ0n) is 13.6. The minimum Gasteiger partial charge on any atom is -0.324 e. The monoisotopic (exact) mass is 261 g/mol. The van der Waals surface area contributed by atoms with E-state index in [-0.39, 0.29) is 6.04 Å². The predicted molar refractivity (Wildman–Crippen MR) is 85.5 cm³/mol. The van der Waals surface area contributed by atoms with Crippen LogP contribution in [0.5, 0.6) is 0 Å². The first kappa shape index (κ1) is 16.2. The van der Waals surface area contributed by atoms with Gasteiger partial charge in [-0.15, -0.1) is 0 Å². The van der Waals surface area contributed by atoms with Gasteiger partial charge < -0.3 is 5.73 Å². The van der Waals surface area contributed by atoms with Gasteiger partial charge in [-0.2, -0.15) is 0 Å². The Morgan fingerprint density at radius 3 is 1.68 bits per heavy atom. The Labute approximate surface area is 119 Å². The van der Waals surface area contributed by atoms with Crippen molar-refractivity contribution in [2.24, 2.45) is 17.6 Å². The van der Waals surface area contributed by atoms with E-state index in [9.17, 15) is 0 Å². The Balaban J connectivity index is 3.31. The Kier molecular flexibility index (Phi) is 6.06. The zero-order chi connectivity index (χ0) is 14.6. The van der Waals surface area contributed by atoms with E-state index in [1.807, 2.05) is 0 Å². The van der Waals surface area contributed by atoms with E-state index < -0.39 is 0 Å². The highest BCUT2D eigenvalue weighted by atomic mass is 14.7. The molecule has 1 heteroatoms. The maximum atomic E-state index is 6.58. The lowest BCUT2D eigenvalue weighted by Gasteiger charge is -2.28. The van der Waals surface area contributed by atoms with Gasteiger partial charge in [0.05, 0.1) is 0 Å². The highest BCUT2D eigenvalue weighted by molar-refractivity contribution is 5.42. The summed E-state index contributed by atoms with van der Waals surface area (Å²) in [6.07, 6.45) is 3.26. The SMILES string of the molecule is CCc1cc(CC)c(C(N)C(C)C(C)C)c(CC)c1. The van der Waals surface area contributed by atoms with E-state index in [1.54, 1.807) is 0 Å². The fourth-order valence-electron chi connectivity index (χ4n) is 2.75. The van der Waals surface area contributed by atoms with Gasteiger partial charge in [0.15, 0.2) is 0 Å². The van der Waals surface area contributed by atoms with Crippen molar-refractivity contribution in [1.82, 2.24) is 0 Å². The molecule has 108 valence electrons. The molecule has 0 aromatic heterocycles. The molecule has 1 nitrogen and oxygen atoms in total. The van der Waals surface area contributed by atoms with Crippen molar-refractivity contribution in [3.63, 3.8) is 0 Å². The van der Waals surface area contributed by atoms with Gasteiger partial charge in [-0.25, -0.2) is 0 Å². The number of benzene rings is 1. The van der Waals surface area contributed by atoms with Crippen LogP contribution in [0.4, 0.5) is 0 Å². The summed E-state index contributed by atoms with van der Waals surface area (Å²) in [5.41, 5.74) is 12.4. The second-order valence-corrected chi connectivity index (χ2v) is 6.02. The third-order valence-corrected chi connectivity index (χ3v) is 4.53. The summed E-state index contributed by atoms with van der Waals surface area (Å²) in [5.74, 6) is 1.14. The summed E-state index contributed by atoms with van der Waals surface area (Å²) in [7, 11) is 0. The van der Waals surface area contributed by atoms with Crippen LogP contribution in [0, 0.1) is 11.8 Å². The number of aryl methyl sites for hydroxylation is 3. The molecule has 19 heavy (non-hydrogen) atoms. The van der Waals surface area contributed by atoms with E-state index in [0.29, 0.717) is 11.8 Å². The largest absolute Gasteiger partial charge is 0.324 e. The first-order valence-corrected chi connectivity index (χ1v) is 7.86. The van der Waals surface area contributed by atoms with Crippen molar-refractivity contribution < 1.29 is 0 Å². The summed E-state index contributed by atoms with van der Waals surface area (Å²) in [5, 5.41) is 0. The molecule has 0 spiro atoms. The number of nitrogens with two attached hydrogens (primary N) is 1. The van der Waals surface area contributed by atoms with Crippen LogP contribution in [-0.4, -0.2) is 0 Å². The van der Waals surface area contributed by atoms with Crippen LogP contribution in [0.2, 0.25) is 0 Å². The van der Waals surface area contributed by atoms with Crippen LogP contribution in [0.15, 0.2) is 12.1 Å². The van der Waals surface area contributed by atoms with Crippen LogP contribution in [0.25, 0.3) is 0 Å². The van der Waals surface area contributed by atoms with Crippen LogP contribution in [0.1, 0.15) is 69.8 Å². The normalized spacial score (nSPS) is 14.7. The number of rotatable bonds is 6. The highest BCUT2D eigenvalue weighted by Gasteiger charge is 2.22. The first-order valence-electron chi connectivity index (χ1n) is 7.86. The van der Waals surface area contributed by atoms with Gasteiger partial charge in [0, 0.05) is 6.04 Å². The summed E-state index contributed by atoms with van der Waals surface area (Å²) in [6.45, 7) is 13.5. The van der Waals surface area contributed by atoms with Crippen molar-refractivity contribution in [3.05, 3.63) is 34.4 Å². The topological polar surface area (TPSA) is 26.0 Å². The van der Waals surface area contributed by atoms with Crippen LogP contribution >= 0.6 is 0 Å². The van der Waals surface area contributed by atoms with Gasteiger partial charge in [-0.1, -0.05) is 53.7 Å². The van der Waals surface area contributed by atoms with Crippen LogP contribution in [0.3, 0.4) is 0 Å². The van der Waals surface area contributed by atoms with Crippen LogP contribution in [-0.2, 0) is 19.3 Å². The van der Waals surface area contributed by atoms with Gasteiger partial charge in [0.2, 0.25) is 0 Å². The molecule has 0 saturated heterocycles. The van der Waals surface area contributed by atoms with Gasteiger partial charge in [-0.05, 0) is 53.4 Å². The molecule has 2 unspecified atom stereocenters. The summed E-state index contributed by atoms with van der Waals surface area (Å²) < 4.78 is 0. The molecule has 1 aromatic rings. The molecule has 0 saturated carbocycles. The molecule has 0 aliphatic heterocycles. The molecule has 0 bridgehead atoms. The first-order chi connectivity index (χ1) is 8.96. The van der Waals surface area contributed by atoms with E-state index >= 15 is 0 Å². The molecular weight excluding hydrogens is 230 g/mol. The van der Waals surface area contributed by atoms with Crippen LogP contribution < -0.4 is 5.73 Å². The zero-order valence-corrected chi connectivity index (χ0v) is 13.6. The minimum absolute atomic E-state index is 0.163. The van der Waals surface area contributed by atoms with Gasteiger partial charge in [0.1, 0.15) is 0 Å². The maximum absolute atomic E-state index is 6.58. The highest BCUT2D eigenvalue weighted by Crippen LogP contribution is 2.32. The van der Waals surface area contributed by atoms with E-state index in [1.165, 1.54) is 22.3 Å². The second-order valence-electron chi connectivity index (χ2n) is 6.02. The average molecular weight is 261 g/mol. The molecule has 0 radical (unpaired) electrons. The number of hydrogen-bond donors (Lipinski definition) is 1. The lowest BCUT2D eigenvalue weighted by molar-refractivity contribution is 0.350. The van der Waals surface area contributed by atoms with Crippen molar-refractivity contribution in [2.75, 3.05) is 0 Å². The lowest BCUT2D eigenvalue weighted by Crippen LogP contribution is -2.25. The van der Waals surface area contributed by atoms with Gasteiger partial charge >= 0.3 is 0 Å². The average Bonchev–Trinajstić information content (AvgIpc) is 2.43. The fraction of sp³-hybridized carbons (Fsp3) is 0.667. The Hall–Kier alpha value is -0.820. The molecule has 1 aromatic carbocycles. The molecule has 2 atom stereocenters. The minimum atomic E-state index is 0.163. The standard InChI is InChI=1S/C18H31N/c1-7-14-10-15(8-2)17(16(9-3)11-14)18(19)13(6)12(4)5/h10-13,18H,7-9,19H2,1-6H3. The van der Waals surface area contributed by atoms with E-state index in [2.05, 4.69) is 53.7 Å². The Bertz CT molecular complexity index is 381. The molecule has 0 amide bonds. The smallest absolute Gasteiger partial charge is 0.0328 e. The molecule has 0 fully saturated rings. The molecule has 0 aliphatic carbocycles. The Morgan fingerprint density at radius 2 is 1.37 bits per heavy atom. The van der Waals surface area contributed by atoms with Gasteiger partial charge in [0.25, 0.3) is 0 Å². The third kappa shape index (κ3) is 3.60. The fourth-order valence-corrected chi connectivity index (χ4v) is 2.75.